The zero-order valence-electron chi connectivity index (χ0n) is 10.8. The van der Waals surface area contributed by atoms with E-state index >= 15 is 0 Å². The second-order valence-electron chi connectivity index (χ2n) is 4.27. The second-order valence-corrected chi connectivity index (χ2v) is 5.92. The number of sulfonamides is 1. The molecule has 1 rings (SSSR count). The van der Waals surface area contributed by atoms with Gasteiger partial charge in [0.25, 0.3) is 0 Å². The van der Waals surface area contributed by atoms with Crippen LogP contribution in [0.5, 0.6) is 0 Å². The van der Waals surface area contributed by atoms with E-state index in [4.69, 9.17) is 0 Å². The Morgan fingerprint density at radius 3 is 2.50 bits per heavy atom. The Bertz CT molecular complexity index is 469. The van der Waals surface area contributed by atoms with Crippen molar-refractivity contribution in [2.45, 2.75) is 6.92 Å². The summed E-state index contributed by atoms with van der Waals surface area (Å²) in [6, 6.07) is 9.35. The molecule has 0 fully saturated rings. The largest absolute Gasteiger partial charge is 0.319 e. The SMILES string of the molecule is CNCC(C)CNS(=O)(=O)/C=C/c1ccccc1. The maximum Gasteiger partial charge on any atom is 0.233 e. The average Bonchev–Trinajstić information content (AvgIpc) is 2.36. The molecular formula is C13H20N2O2S. The van der Waals surface area contributed by atoms with E-state index in [1.54, 1.807) is 6.08 Å². The van der Waals surface area contributed by atoms with Crippen LogP contribution >= 0.6 is 0 Å². The van der Waals surface area contributed by atoms with Gasteiger partial charge in [-0.25, -0.2) is 13.1 Å². The first-order chi connectivity index (χ1) is 8.53. The van der Waals surface area contributed by atoms with Gasteiger partial charge in [0.15, 0.2) is 0 Å². The van der Waals surface area contributed by atoms with Gasteiger partial charge in [-0.15, -0.1) is 0 Å². The molecule has 0 saturated carbocycles. The molecule has 0 aliphatic carbocycles. The van der Waals surface area contributed by atoms with Crippen LogP contribution in [0.3, 0.4) is 0 Å². The van der Waals surface area contributed by atoms with Gasteiger partial charge in [0.2, 0.25) is 10.0 Å². The van der Waals surface area contributed by atoms with Gasteiger partial charge in [0.1, 0.15) is 0 Å². The number of nitrogens with one attached hydrogen (secondary N) is 2. The van der Waals surface area contributed by atoms with E-state index in [0.29, 0.717) is 6.54 Å². The molecule has 100 valence electrons. The Labute approximate surface area is 109 Å². The summed E-state index contributed by atoms with van der Waals surface area (Å²) in [5.74, 6) is 0.259. The van der Waals surface area contributed by atoms with E-state index in [1.807, 2.05) is 44.3 Å². The van der Waals surface area contributed by atoms with Gasteiger partial charge in [0, 0.05) is 12.0 Å². The number of hydrogen-bond acceptors (Lipinski definition) is 3. The van der Waals surface area contributed by atoms with Crippen molar-refractivity contribution >= 4 is 16.1 Å². The Morgan fingerprint density at radius 1 is 1.22 bits per heavy atom. The van der Waals surface area contributed by atoms with E-state index in [-0.39, 0.29) is 5.92 Å². The molecule has 2 N–H and O–H groups in total. The fourth-order valence-corrected chi connectivity index (χ4v) is 2.41. The maximum absolute atomic E-state index is 11.7. The van der Waals surface area contributed by atoms with Gasteiger partial charge in [-0.05, 0) is 31.1 Å². The van der Waals surface area contributed by atoms with Crippen molar-refractivity contribution in [2.24, 2.45) is 5.92 Å². The molecule has 1 aromatic rings. The van der Waals surface area contributed by atoms with Crippen LogP contribution < -0.4 is 10.0 Å². The molecule has 18 heavy (non-hydrogen) atoms. The number of hydrogen-bond donors (Lipinski definition) is 2. The monoisotopic (exact) mass is 268 g/mol. The van der Waals surface area contributed by atoms with Crippen LogP contribution in [0.1, 0.15) is 12.5 Å². The second kappa shape index (κ2) is 7.31. The van der Waals surface area contributed by atoms with E-state index in [2.05, 4.69) is 10.0 Å². The van der Waals surface area contributed by atoms with Crippen molar-refractivity contribution in [3.8, 4) is 0 Å². The first-order valence-electron chi connectivity index (χ1n) is 5.91. The molecule has 0 heterocycles. The van der Waals surface area contributed by atoms with Crippen molar-refractivity contribution in [3.05, 3.63) is 41.3 Å². The Kier molecular flexibility index (Phi) is 6.04. The molecule has 0 amide bonds. The summed E-state index contributed by atoms with van der Waals surface area (Å²) >= 11 is 0. The molecule has 0 spiro atoms. The fraction of sp³-hybridized carbons (Fsp3) is 0.385. The quantitative estimate of drug-likeness (QED) is 0.786. The highest BCUT2D eigenvalue weighted by Gasteiger charge is 2.07. The molecule has 4 nitrogen and oxygen atoms in total. The summed E-state index contributed by atoms with van der Waals surface area (Å²) in [7, 11) is -1.50. The lowest BCUT2D eigenvalue weighted by Crippen LogP contribution is -2.31. The Hall–Kier alpha value is -1.17. The molecular weight excluding hydrogens is 248 g/mol. The molecule has 1 unspecified atom stereocenters. The van der Waals surface area contributed by atoms with Gasteiger partial charge < -0.3 is 5.32 Å². The van der Waals surface area contributed by atoms with Crippen LogP contribution in [0, 0.1) is 5.92 Å². The van der Waals surface area contributed by atoms with Crippen LogP contribution in [0.25, 0.3) is 6.08 Å². The molecule has 0 bridgehead atoms. The summed E-state index contributed by atoms with van der Waals surface area (Å²) in [4.78, 5) is 0. The van der Waals surface area contributed by atoms with Crippen LogP contribution in [0.2, 0.25) is 0 Å². The number of rotatable bonds is 7. The highest BCUT2D eigenvalue weighted by Crippen LogP contribution is 2.03. The highest BCUT2D eigenvalue weighted by atomic mass is 32.2. The van der Waals surface area contributed by atoms with Crippen LogP contribution in [0.15, 0.2) is 35.7 Å². The van der Waals surface area contributed by atoms with E-state index in [1.165, 1.54) is 5.41 Å². The summed E-state index contributed by atoms with van der Waals surface area (Å²) in [5, 5.41) is 4.21. The van der Waals surface area contributed by atoms with Gasteiger partial charge in [-0.2, -0.15) is 0 Å². The molecule has 1 aromatic carbocycles. The lowest BCUT2D eigenvalue weighted by molar-refractivity contribution is 0.522. The summed E-state index contributed by atoms with van der Waals surface area (Å²) < 4.78 is 25.9. The Balaban J connectivity index is 2.52. The zero-order chi connectivity index (χ0) is 13.4. The minimum absolute atomic E-state index is 0.259. The van der Waals surface area contributed by atoms with Crippen molar-refractivity contribution in [1.29, 1.82) is 0 Å². The normalized spacial score (nSPS) is 13.9. The zero-order valence-corrected chi connectivity index (χ0v) is 11.6. The van der Waals surface area contributed by atoms with E-state index < -0.39 is 10.0 Å². The van der Waals surface area contributed by atoms with Gasteiger partial charge in [0.05, 0.1) is 0 Å². The minimum atomic E-state index is -3.35. The van der Waals surface area contributed by atoms with E-state index in [9.17, 15) is 8.42 Å². The maximum atomic E-state index is 11.7. The summed E-state index contributed by atoms with van der Waals surface area (Å²) in [6.45, 7) is 3.20. The molecule has 5 heteroatoms. The molecule has 0 aliphatic rings. The lowest BCUT2D eigenvalue weighted by Gasteiger charge is -2.10. The molecule has 0 saturated heterocycles. The van der Waals surface area contributed by atoms with Crippen molar-refractivity contribution in [2.75, 3.05) is 20.1 Å². The highest BCUT2D eigenvalue weighted by molar-refractivity contribution is 7.92. The van der Waals surface area contributed by atoms with Gasteiger partial charge in [-0.1, -0.05) is 37.3 Å². The average molecular weight is 268 g/mol. The summed E-state index contributed by atoms with van der Waals surface area (Å²) in [6.07, 6.45) is 1.59. The minimum Gasteiger partial charge on any atom is -0.319 e. The third-order valence-corrected chi connectivity index (χ3v) is 3.49. The summed E-state index contributed by atoms with van der Waals surface area (Å²) in [5.41, 5.74) is 0.867. The predicted molar refractivity (Wildman–Crippen MR) is 75.5 cm³/mol. The third-order valence-electron chi connectivity index (χ3n) is 2.42. The molecule has 0 aliphatic heterocycles. The lowest BCUT2D eigenvalue weighted by atomic mass is 10.2. The first-order valence-corrected chi connectivity index (χ1v) is 7.45. The van der Waals surface area contributed by atoms with Gasteiger partial charge >= 0.3 is 0 Å². The van der Waals surface area contributed by atoms with E-state index in [0.717, 1.165) is 12.1 Å². The van der Waals surface area contributed by atoms with Crippen LogP contribution in [0.4, 0.5) is 0 Å². The van der Waals surface area contributed by atoms with Gasteiger partial charge in [-0.3, -0.25) is 0 Å². The Morgan fingerprint density at radius 2 is 1.89 bits per heavy atom. The third kappa shape index (κ3) is 5.95. The first kappa shape index (κ1) is 14.9. The molecule has 1 atom stereocenters. The van der Waals surface area contributed by atoms with Crippen LogP contribution in [-0.4, -0.2) is 28.6 Å². The predicted octanol–water partition coefficient (Wildman–Crippen LogP) is 1.43. The topological polar surface area (TPSA) is 58.2 Å². The van der Waals surface area contributed by atoms with Crippen molar-refractivity contribution in [1.82, 2.24) is 10.0 Å². The smallest absolute Gasteiger partial charge is 0.233 e. The van der Waals surface area contributed by atoms with Crippen molar-refractivity contribution < 1.29 is 8.42 Å². The van der Waals surface area contributed by atoms with Crippen LogP contribution in [-0.2, 0) is 10.0 Å². The standard InChI is InChI=1S/C13H20N2O2S/c1-12(10-14-2)11-15-18(16,17)9-8-13-6-4-3-5-7-13/h3-9,12,14-15H,10-11H2,1-2H3/b9-8+. The molecule has 0 radical (unpaired) electrons. The number of benzene rings is 1. The molecule has 0 aromatic heterocycles. The fourth-order valence-electron chi connectivity index (χ4n) is 1.46. The van der Waals surface area contributed by atoms with Crippen molar-refractivity contribution in [3.63, 3.8) is 0 Å².